The number of carbonyl (C=O) groups excluding carboxylic acids is 1. The summed E-state index contributed by atoms with van der Waals surface area (Å²) in [5.41, 5.74) is 3.43. The Morgan fingerprint density at radius 2 is 1.88 bits per heavy atom. The quantitative estimate of drug-likeness (QED) is 0.787. The van der Waals surface area contributed by atoms with Crippen LogP contribution in [-0.2, 0) is 4.79 Å². The summed E-state index contributed by atoms with van der Waals surface area (Å²) in [6, 6.07) is 5.89. The molecule has 1 fully saturated rings. The Morgan fingerprint density at radius 3 is 2.31 bits per heavy atom. The van der Waals surface area contributed by atoms with Crippen molar-refractivity contribution in [1.29, 1.82) is 0 Å². The fourth-order valence-electron chi connectivity index (χ4n) is 1.53. The summed E-state index contributed by atoms with van der Waals surface area (Å²) in [4.78, 5) is 11.7. The lowest BCUT2D eigenvalue weighted by Crippen LogP contribution is -2.32. The van der Waals surface area contributed by atoms with E-state index in [4.69, 9.17) is 0 Å². The van der Waals surface area contributed by atoms with Crippen molar-refractivity contribution in [3.05, 3.63) is 42.4 Å². The molecule has 1 amide bonds. The third-order valence-corrected chi connectivity index (χ3v) is 2.86. The van der Waals surface area contributed by atoms with Gasteiger partial charge in [0.15, 0.2) is 0 Å². The van der Waals surface area contributed by atoms with E-state index in [0.29, 0.717) is 11.4 Å². The Labute approximate surface area is 93.5 Å². The second kappa shape index (κ2) is 3.33. The molecule has 1 N–H and O–H groups in total. The molecular formula is C12H13FN2O. The van der Waals surface area contributed by atoms with Gasteiger partial charge in [0, 0.05) is 5.70 Å². The maximum Gasteiger partial charge on any atom is 0.250 e. The average molecular weight is 220 g/mol. The molecule has 1 aliphatic heterocycles. The molecule has 0 unspecified atom stereocenters. The Balaban J connectivity index is 2.35. The van der Waals surface area contributed by atoms with E-state index >= 15 is 0 Å². The van der Waals surface area contributed by atoms with Crippen LogP contribution in [0.15, 0.2) is 36.5 Å². The first-order valence-corrected chi connectivity index (χ1v) is 4.99. The topological polar surface area (TPSA) is 32.3 Å². The first-order chi connectivity index (χ1) is 7.43. The Kier molecular flexibility index (Phi) is 2.22. The van der Waals surface area contributed by atoms with Gasteiger partial charge in [-0.3, -0.25) is 15.2 Å². The second-order valence-electron chi connectivity index (χ2n) is 4.32. The fourth-order valence-corrected chi connectivity index (χ4v) is 1.53. The zero-order valence-corrected chi connectivity index (χ0v) is 9.25. The van der Waals surface area contributed by atoms with Crippen LogP contribution < -0.4 is 10.4 Å². The van der Waals surface area contributed by atoms with Gasteiger partial charge >= 0.3 is 0 Å². The standard InChI is InChI=1S/C12H13FN2O/c1-8-12(2,3)11(16)14-15(8)10-6-4-9(13)5-7-10/h4-7H,1H2,2-3H3,(H,14,16). The highest BCUT2D eigenvalue weighted by molar-refractivity contribution is 5.91. The van der Waals surface area contributed by atoms with Gasteiger partial charge in [-0.1, -0.05) is 6.58 Å². The van der Waals surface area contributed by atoms with Crippen LogP contribution >= 0.6 is 0 Å². The molecule has 4 heteroatoms. The van der Waals surface area contributed by atoms with Crippen molar-refractivity contribution in [2.24, 2.45) is 5.41 Å². The van der Waals surface area contributed by atoms with Gasteiger partial charge in [0.25, 0.3) is 0 Å². The van der Waals surface area contributed by atoms with Gasteiger partial charge in [-0.05, 0) is 38.1 Å². The molecule has 0 aromatic heterocycles. The van der Waals surface area contributed by atoms with E-state index in [1.807, 2.05) is 0 Å². The average Bonchev–Trinajstić information content (AvgIpc) is 2.44. The van der Waals surface area contributed by atoms with Crippen molar-refractivity contribution < 1.29 is 9.18 Å². The smallest absolute Gasteiger partial charge is 0.250 e. The first-order valence-electron chi connectivity index (χ1n) is 4.99. The molecule has 0 radical (unpaired) electrons. The van der Waals surface area contributed by atoms with Crippen molar-refractivity contribution >= 4 is 11.6 Å². The third kappa shape index (κ3) is 1.46. The third-order valence-electron chi connectivity index (χ3n) is 2.86. The van der Waals surface area contributed by atoms with Gasteiger partial charge in [-0.15, -0.1) is 0 Å². The highest BCUT2D eigenvalue weighted by Gasteiger charge is 2.42. The predicted molar refractivity (Wildman–Crippen MR) is 59.9 cm³/mol. The molecule has 0 spiro atoms. The largest absolute Gasteiger partial charge is 0.272 e. The van der Waals surface area contributed by atoms with Crippen molar-refractivity contribution in [2.75, 3.05) is 5.01 Å². The summed E-state index contributed by atoms with van der Waals surface area (Å²) < 4.78 is 12.8. The number of benzene rings is 1. The van der Waals surface area contributed by atoms with Crippen LogP contribution in [0.3, 0.4) is 0 Å². The lowest BCUT2D eigenvalue weighted by Gasteiger charge is -2.21. The Hall–Kier alpha value is -1.84. The number of hydrogen-bond acceptors (Lipinski definition) is 2. The van der Waals surface area contributed by atoms with Crippen molar-refractivity contribution in [1.82, 2.24) is 5.43 Å². The number of anilines is 1. The zero-order chi connectivity index (χ0) is 11.9. The van der Waals surface area contributed by atoms with Crippen LogP contribution in [0.4, 0.5) is 10.1 Å². The molecule has 0 bridgehead atoms. The minimum Gasteiger partial charge on any atom is -0.272 e. The summed E-state index contributed by atoms with van der Waals surface area (Å²) in [7, 11) is 0. The van der Waals surface area contributed by atoms with E-state index in [0.717, 1.165) is 0 Å². The van der Waals surface area contributed by atoms with Gasteiger partial charge in [-0.25, -0.2) is 4.39 Å². The number of rotatable bonds is 1. The number of nitrogens with one attached hydrogen (secondary N) is 1. The minimum atomic E-state index is -0.631. The normalized spacial score (nSPS) is 18.8. The first kappa shape index (κ1) is 10.7. The van der Waals surface area contributed by atoms with Gasteiger partial charge in [0.1, 0.15) is 5.82 Å². The summed E-state index contributed by atoms with van der Waals surface area (Å²) in [6.07, 6.45) is 0. The highest BCUT2D eigenvalue weighted by atomic mass is 19.1. The van der Waals surface area contributed by atoms with E-state index in [-0.39, 0.29) is 11.7 Å². The number of hydrogen-bond donors (Lipinski definition) is 1. The Bertz CT molecular complexity index is 451. The van der Waals surface area contributed by atoms with E-state index in [1.54, 1.807) is 31.0 Å². The monoisotopic (exact) mass is 220 g/mol. The van der Waals surface area contributed by atoms with E-state index < -0.39 is 5.41 Å². The molecule has 0 saturated carbocycles. The molecule has 1 aromatic carbocycles. The van der Waals surface area contributed by atoms with E-state index in [1.165, 1.54) is 12.1 Å². The maximum atomic E-state index is 12.8. The fraction of sp³-hybridized carbons (Fsp3) is 0.250. The van der Waals surface area contributed by atoms with Crippen molar-refractivity contribution in [3.8, 4) is 0 Å². The van der Waals surface area contributed by atoms with Crippen molar-refractivity contribution in [3.63, 3.8) is 0 Å². The number of halogens is 1. The van der Waals surface area contributed by atoms with Crippen LogP contribution in [-0.4, -0.2) is 5.91 Å². The molecule has 2 rings (SSSR count). The molecule has 3 nitrogen and oxygen atoms in total. The lowest BCUT2D eigenvalue weighted by atomic mass is 9.90. The number of carbonyl (C=O) groups is 1. The summed E-state index contributed by atoms with van der Waals surface area (Å²) >= 11 is 0. The maximum absolute atomic E-state index is 12.8. The molecule has 1 aliphatic rings. The SMILES string of the molecule is C=C1N(c2ccc(F)cc2)NC(=O)C1(C)C. The molecule has 84 valence electrons. The Morgan fingerprint density at radius 1 is 1.31 bits per heavy atom. The molecular weight excluding hydrogens is 207 g/mol. The minimum absolute atomic E-state index is 0.109. The van der Waals surface area contributed by atoms with Gasteiger partial charge in [0.05, 0.1) is 11.1 Å². The van der Waals surface area contributed by atoms with Crippen molar-refractivity contribution in [2.45, 2.75) is 13.8 Å². The molecule has 1 heterocycles. The molecule has 0 aliphatic carbocycles. The van der Waals surface area contributed by atoms with Crippen LogP contribution in [0, 0.1) is 11.2 Å². The molecule has 1 saturated heterocycles. The lowest BCUT2D eigenvalue weighted by molar-refractivity contribution is -0.125. The van der Waals surface area contributed by atoms with Gasteiger partial charge in [0.2, 0.25) is 5.91 Å². The number of amides is 1. The summed E-state index contributed by atoms with van der Waals surface area (Å²) in [5.74, 6) is -0.416. The number of hydrazine groups is 1. The van der Waals surface area contributed by atoms with Crippen LogP contribution in [0.25, 0.3) is 0 Å². The predicted octanol–water partition coefficient (Wildman–Crippen LogP) is 2.22. The van der Waals surface area contributed by atoms with Gasteiger partial charge in [-0.2, -0.15) is 0 Å². The van der Waals surface area contributed by atoms with Gasteiger partial charge < -0.3 is 0 Å². The van der Waals surface area contributed by atoms with Crippen LogP contribution in [0.5, 0.6) is 0 Å². The van der Waals surface area contributed by atoms with Crippen LogP contribution in [0.2, 0.25) is 0 Å². The van der Waals surface area contributed by atoms with E-state index in [9.17, 15) is 9.18 Å². The highest BCUT2D eigenvalue weighted by Crippen LogP contribution is 2.35. The molecule has 0 atom stereocenters. The molecule has 16 heavy (non-hydrogen) atoms. The summed E-state index contributed by atoms with van der Waals surface area (Å²) in [6.45, 7) is 7.49. The summed E-state index contributed by atoms with van der Waals surface area (Å²) in [5, 5.41) is 1.59. The number of nitrogens with zero attached hydrogens (tertiary/aromatic N) is 1. The van der Waals surface area contributed by atoms with E-state index in [2.05, 4.69) is 12.0 Å². The second-order valence-corrected chi connectivity index (χ2v) is 4.32. The zero-order valence-electron chi connectivity index (χ0n) is 9.25. The van der Waals surface area contributed by atoms with Crippen LogP contribution in [0.1, 0.15) is 13.8 Å². The molecule has 1 aromatic rings.